The molecule has 0 aliphatic carbocycles. The largest absolute Gasteiger partial charge is 0.291 e. The SMILES string of the molecule is ClCc1c(-n2ncc3ccccc32)nc2sccn12. The lowest BCUT2D eigenvalue weighted by Gasteiger charge is -2.02. The number of benzene rings is 1. The van der Waals surface area contributed by atoms with E-state index < -0.39 is 0 Å². The van der Waals surface area contributed by atoms with E-state index in [2.05, 4.69) is 10.1 Å². The van der Waals surface area contributed by atoms with Crippen molar-refractivity contribution < 1.29 is 0 Å². The van der Waals surface area contributed by atoms with Gasteiger partial charge in [0.1, 0.15) is 0 Å². The highest BCUT2D eigenvalue weighted by atomic mass is 35.5. The lowest BCUT2D eigenvalue weighted by atomic mass is 10.2. The Morgan fingerprint density at radius 2 is 2.16 bits per heavy atom. The first-order valence-corrected chi connectivity index (χ1v) is 7.23. The Morgan fingerprint density at radius 3 is 3.05 bits per heavy atom. The molecule has 0 amide bonds. The van der Waals surface area contributed by atoms with Crippen LogP contribution >= 0.6 is 22.9 Å². The molecule has 4 rings (SSSR count). The van der Waals surface area contributed by atoms with Crippen LogP contribution in [0.25, 0.3) is 21.7 Å². The maximum absolute atomic E-state index is 6.08. The number of thiazole rings is 1. The second kappa shape index (κ2) is 4.08. The van der Waals surface area contributed by atoms with Crippen molar-refractivity contribution in [1.82, 2.24) is 19.2 Å². The number of rotatable bonds is 2. The van der Waals surface area contributed by atoms with E-state index in [1.807, 2.05) is 51.1 Å². The van der Waals surface area contributed by atoms with Gasteiger partial charge in [-0.3, -0.25) is 4.40 Å². The first-order chi connectivity index (χ1) is 9.38. The summed E-state index contributed by atoms with van der Waals surface area (Å²) in [6, 6.07) is 8.08. The molecule has 0 saturated carbocycles. The number of halogens is 1. The quantitative estimate of drug-likeness (QED) is 0.529. The van der Waals surface area contributed by atoms with Crippen LogP contribution < -0.4 is 0 Å². The molecule has 0 fully saturated rings. The van der Waals surface area contributed by atoms with Crippen molar-refractivity contribution in [2.45, 2.75) is 5.88 Å². The van der Waals surface area contributed by atoms with Crippen LogP contribution in [0.5, 0.6) is 0 Å². The Kier molecular flexibility index (Phi) is 2.36. The molecule has 0 aliphatic heterocycles. The van der Waals surface area contributed by atoms with Crippen molar-refractivity contribution in [3.05, 3.63) is 47.7 Å². The van der Waals surface area contributed by atoms with Crippen molar-refractivity contribution in [1.29, 1.82) is 0 Å². The number of nitrogens with zero attached hydrogens (tertiary/aromatic N) is 4. The monoisotopic (exact) mass is 288 g/mol. The fraction of sp³-hybridized carbons (Fsp3) is 0.0769. The zero-order valence-corrected chi connectivity index (χ0v) is 11.4. The van der Waals surface area contributed by atoms with Crippen LogP contribution in [-0.2, 0) is 5.88 Å². The molecule has 19 heavy (non-hydrogen) atoms. The van der Waals surface area contributed by atoms with Gasteiger partial charge in [0.05, 0.1) is 23.3 Å². The smallest absolute Gasteiger partial charge is 0.196 e. The van der Waals surface area contributed by atoms with Gasteiger partial charge in [0.15, 0.2) is 10.8 Å². The van der Waals surface area contributed by atoms with Gasteiger partial charge in [-0.2, -0.15) is 10.1 Å². The maximum atomic E-state index is 6.08. The van der Waals surface area contributed by atoms with Crippen LogP contribution in [0, 0.1) is 0 Å². The lowest BCUT2D eigenvalue weighted by Crippen LogP contribution is -2.00. The maximum Gasteiger partial charge on any atom is 0.196 e. The second-order valence-corrected chi connectivity index (χ2v) is 5.33. The molecule has 0 radical (unpaired) electrons. The van der Waals surface area contributed by atoms with Gasteiger partial charge in [-0.05, 0) is 6.07 Å². The van der Waals surface area contributed by atoms with Crippen molar-refractivity contribution in [3.63, 3.8) is 0 Å². The minimum atomic E-state index is 0.404. The van der Waals surface area contributed by atoms with Crippen molar-refractivity contribution in [3.8, 4) is 5.82 Å². The number of fused-ring (bicyclic) bond motifs is 2. The molecule has 0 atom stereocenters. The predicted molar refractivity (Wildman–Crippen MR) is 77.3 cm³/mol. The van der Waals surface area contributed by atoms with Crippen LogP contribution in [0.4, 0.5) is 0 Å². The standard InChI is InChI=1S/C13H9ClN4S/c14-7-11-12(16-13-17(11)5-6-19-13)18-10-4-2-1-3-9(10)8-15-18/h1-6,8H,7H2. The van der Waals surface area contributed by atoms with E-state index in [9.17, 15) is 0 Å². The average molecular weight is 289 g/mol. The Bertz CT molecular complexity index is 873. The van der Waals surface area contributed by atoms with E-state index in [1.54, 1.807) is 11.3 Å². The zero-order chi connectivity index (χ0) is 12.8. The van der Waals surface area contributed by atoms with E-state index in [0.717, 1.165) is 27.4 Å². The summed E-state index contributed by atoms with van der Waals surface area (Å²) in [7, 11) is 0. The number of hydrogen-bond acceptors (Lipinski definition) is 3. The number of aromatic nitrogens is 4. The second-order valence-electron chi connectivity index (χ2n) is 4.19. The molecule has 3 heterocycles. The number of imidazole rings is 1. The fourth-order valence-electron chi connectivity index (χ4n) is 2.26. The molecule has 4 aromatic rings. The van der Waals surface area contributed by atoms with Crippen LogP contribution in [0.3, 0.4) is 0 Å². The molecular formula is C13H9ClN4S. The average Bonchev–Trinajstić information content (AvgIpc) is 3.11. The van der Waals surface area contributed by atoms with E-state index in [1.165, 1.54) is 0 Å². The highest BCUT2D eigenvalue weighted by Gasteiger charge is 2.16. The van der Waals surface area contributed by atoms with Crippen molar-refractivity contribution in [2.24, 2.45) is 0 Å². The highest BCUT2D eigenvalue weighted by Crippen LogP contribution is 2.24. The summed E-state index contributed by atoms with van der Waals surface area (Å²) in [4.78, 5) is 5.57. The first-order valence-electron chi connectivity index (χ1n) is 5.82. The first kappa shape index (κ1) is 11.0. The highest BCUT2D eigenvalue weighted by molar-refractivity contribution is 7.15. The molecule has 0 aliphatic rings. The van der Waals surface area contributed by atoms with E-state index in [4.69, 9.17) is 11.6 Å². The van der Waals surface area contributed by atoms with Crippen LogP contribution in [-0.4, -0.2) is 19.2 Å². The topological polar surface area (TPSA) is 35.1 Å². The molecule has 0 spiro atoms. The van der Waals surface area contributed by atoms with Gasteiger partial charge >= 0.3 is 0 Å². The van der Waals surface area contributed by atoms with Gasteiger partial charge in [-0.15, -0.1) is 22.9 Å². The Morgan fingerprint density at radius 1 is 1.26 bits per heavy atom. The van der Waals surface area contributed by atoms with Gasteiger partial charge in [-0.1, -0.05) is 18.2 Å². The van der Waals surface area contributed by atoms with E-state index in [-0.39, 0.29) is 0 Å². The molecule has 94 valence electrons. The molecule has 0 bridgehead atoms. The summed E-state index contributed by atoms with van der Waals surface area (Å²) >= 11 is 7.67. The number of hydrogen-bond donors (Lipinski definition) is 0. The Balaban J connectivity index is 2.06. The minimum Gasteiger partial charge on any atom is -0.291 e. The van der Waals surface area contributed by atoms with Crippen LogP contribution in [0.1, 0.15) is 5.69 Å². The van der Waals surface area contributed by atoms with Gasteiger partial charge in [0, 0.05) is 17.0 Å². The molecule has 0 N–H and O–H groups in total. The molecule has 0 unspecified atom stereocenters. The zero-order valence-electron chi connectivity index (χ0n) is 9.82. The van der Waals surface area contributed by atoms with Crippen molar-refractivity contribution in [2.75, 3.05) is 0 Å². The van der Waals surface area contributed by atoms with Crippen LogP contribution in [0.2, 0.25) is 0 Å². The lowest BCUT2D eigenvalue weighted by molar-refractivity contribution is 0.870. The molecule has 1 aromatic carbocycles. The molecule has 3 aromatic heterocycles. The summed E-state index contributed by atoms with van der Waals surface area (Å²) < 4.78 is 3.87. The Hall–Kier alpha value is -1.85. The third kappa shape index (κ3) is 1.52. The molecule has 0 saturated heterocycles. The summed E-state index contributed by atoms with van der Waals surface area (Å²) in [5.74, 6) is 1.21. The molecule has 6 heteroatoms. The van der Waals surface area contributed by atoms with E-state index >= 15 is 0 Å². The Labute approximate surface area is 117 Å². The van der Waals surface area contributed by atoms with Gasteiger partial charge < -0.3 is 0 Å². The summed E-state index contributed by atoms with van der Waals surface area (Å²) in [6.07, 6.45) is 3.83. The van der Waals surface area contributed by atoms with Gasteiger partial charge in [0.2, 0.25) is 0 Å². The predicted octanol–water partition coefficient (Wildman–Crippen LogP) is 3.47. The summed E-state index contributed by atoms with van der Waals surface area (Å²) in [6.45, 7) is 0. The molecule has 4 nitrogen and oxygen atoms in total. The van der Waals surface area contributed by atoms with Crippen LogP contribution in [0.15, 0.2) is 42.0 Å². The van der Waals surface area contributed by atoms with Crippen molar-refractivity contribution >= 4 is 38.8 Å². The summed E-state index contributed by atoms with van der Waals surface area (Å²) in [5, 5.41) is 7.54. The third-order valence-electron chi connectivity index (χ3n) is 3.14. The minimum absolute atomic E-state index is 0.404. The normalized spacial score (nSPS) is 11.6. The number of para-hydroxylation sites is 1. The third-order valence-corrected chi connectivity index (χ3v) is 4.15. The summed E-state index contributed by atoms with van der Waals surface area (Å²) in [5.41, 5.74) is 2.01. The molecular weight excluding hydrogens is 280 g/mol. The van der Waals surface area contributed by atoms with Gasteiger partial charge in [0.25, 0.3) is 0 Å². The number of alkyl halides is 1. The van der Waals surface area contributed by atoms with E-state index in [0.29, 0.717) is 5.88 Å². The van der Waals surface area contributed by atoms with Gasteiger partial charge in [-0.25, -0.2) is 4.68 Å². The fourth-order valence-corrected chi connectivity index (χ4v) is 3.23.